The quantitative estimate of drug-likeness (QED) is 0.914. The van der Waals surface area contributed by atoms with Crippen molar-refractivity contribution in [3.63, 3.8) is 0 Å². The van der Waals surface area contributed by atoms with Gasteiger partial charge in [-0.1, -0.05) is 6.07 Å². The van der Waals surface area contributed by atoms with Gasteiger partial charge in [-0.05, 0) is 31.4 Å². The van der Waals surface area contributed by atoms with Crippen molar-refractivity contribution in [1.29, 1.82) is 0 Å². The third-order valence-electron chi connectivity index (χ3n) is 3.57. The molecule has 1 aliphatic rings. The van der Waals surface area contributed by atoms with Gasteiger partial charge in [-0.25, -0.2) is 9.78 Å². The number of carbonyl (C=O) groups excluding carboxylic acids is 2. The van der Waals surface area contributed by atoms with Crippen LogP contribution in [0.25, 0.3) is 0 Å². The minimum Gasteiger partial charge on any atom is -0.440 e. The number of rotatable bonds is 3. The van der Waals surface area contributed by atoms with E-state index in [1.807, 2.05) is 6.92 Å². The van der Waals surface area contributed by atoms with Crippen molar-refractivity contribution < 1.29 is 27.5 Å². The number of pyridine rings is 1. The first-order chi connectivity index (χ1) is 11.2. The van der Waals surface area contributed by atoms with Gasteiger partial charge in [-0.3, -0.25) is 4.79 Å². The van der Waals surface area contributed by atoms with E-state index in [9.17, 15) is 22.8 Å². The first-order valence-electron chi connectivity index (χ1n) is 7.46. The lowest BCUT2D eigenvalue weighted by Gasteiger charge is -2.31. The van der Waals surface area contributed by atoms with Crippen molar-refractivity contribution in [3.05, 3.63) is 23.9 Å². The molecule has 1 aromatic rings. The van der Waals surface area contributed by atoms with Crippen LogP contribution in [0.15, 0.2) is 18.3 Å². The number of ether oxygens (including phenoxy) is 1. The van der Waals surface area contributed by atoms with Gasteiger partial charge < -0.3 is 15.0 Å². The molecule has 2 amide bonds. The molecule has 0 unspecified atom stereocenters. The van der Waals surface area contributed by atoms with Crippen LogP contribution in [0.5, 0.6) is 0 Å². The largest absolute Gasteiger partial charge is 0.440 e. The standard InChI is InChI=1S/C15H18F3N3O3/c1-10-4-5-12(19-7-10)20-13(22)11-3-2-6-21(8-11)14(23)24-9-15(16,17)18/h4-5,7,11H,2-3,6,8-9H2,1H3,(H,19,20,22)/t11-/m1/s1. The summed E-state index contributed by atoms with van der Waals surface area (Å²) in [5.41, 5.74) is 0.948. The minimum absolute atomic E-state index is 0.0222. The lowest BCUT2D eigenvalue weighted by Crippen LogP contribution is -2.44. The highest BCUT2D eigenvalue weighted by atomic mass is 19.4. The van der Waals surface area contributed by atoms with Gasteiger partial charge in [0, 0.05) is 19.3 Å². The maximum absolute atomic E-state index is 12.2. The fourth-order valence-corrected chi connectivity index (χ4v) is 2.36. The number of nitrogens with one attached hydrogen (secondary N) is 1. The Balaban J connectivity index is 1.88. The van der Waals surface area contributed by atoms with Crippen LogP contribution in [-0.4, -0.2) is 47.8 Å². The molecule has 6 nitrogen and oxygen atoms in total. The Kier molecular flexibility index (Phi) is 5.63. The van der Waals surface area contributed by atoms with Crippen molar-refractivity contribution in [2.75, 3.05) is 25.0 Å². The number of halogens is 3. The molecule has 1 saturated heterocycles. The van der Waals surface area contributed by atoms with Crippen LogP contribution in [0.2, 0.25) is 0 Å². The second kappa shape index (κ2) is 7.50. The zero-order valence-corrected chi connectivity index (χ0v) is 13.1. The van der Waals surface area contributed by atoms with E-state index in [0.717, 1.165) is 10.5 Å². The predicted octanol–water partition coefficient (Wildman–Crippen LogP) is 2.74. The van der Waals surface area contributed by atoms with E-state index in [-0.39, 0.29) is 19.0 Å². The zero-order valence-electron chi connectivity index (χ0n) is 13.1. The molecule has 0 radical (unpaired) electrons. The smallest absolute Gasteiger partial charge is 0.422 e. The topological polar surface area (TPSA) is 71.5 Å². The molecule has 2 heterocycles. The van der Waals surface area contributed by atoms with E-state index >= 15 is 0 Å². The van der Waals surface area contributed by atoms with Crippen LogP contribution in [0.3, 0.4) is 0 Å². The van der Waals surface area contributed by atoms with Gasteiger partial charge in [-0.15, -0.1) is 0 Å². The number of anilines is 1. The molecule has 9 heteroatoms. The number of nitrogens with zero attached hydrogens (tertiary/aromatic N) is 2. The fourth-order valence-electron chi connectivity index (χ4n) is 2.36. The molecule has 1 N–H and O–H groups in total. The molecule has 1 atom stereocenters. The van der Waals surface area contributed by atoms with Gasteiger partial charge in [0.2, 0.25) is 5.91 Å². The summed E-state index contributed by atoms with van der Waals surface area (Å²) in [6.07, 6.45) is -2.96. The number of alkyl halides is 3. The second-order valence-electron chi connectivity index (χ2n) is 5.66. The SMILES string of the molecule is Cc1ccc(NC(=O)[C@@H]2CCCN(C(=O)OCC(F)(F)F)C2)nc1. The first-order valence-corrected chi connectivity index (χ1v) is 7.46. The molecule has 24 heavy (non-hydrogen) atoms. The Bertz CT molecular complexity index is 590. The third kappa shape index (κ3) is 5.39. The van der Waals surface area contributed by atoms with Crippen LogP contribution >= 0.6 is 0 Å². The summed E-state index contributed by atoms with van der Waals surface area (Å²) < 4.78 is 40.5. The third-order valence-corrected chi connectivity index (χ3v) is 3.57. The van der Waals surface area contributed by atoms with Crippen LogP contribution in [-0.2, 0) is 9.53 Å². The number of piperidine rings is 1. The van der Waals surface area contributed by atoms with Crippen molar-refractivity contribution in [1.82, 2.24) is 9.88 Å². The average Bonchev–Trinajstić information content (AvgIpc) is 2.54. The number of hydrogen-bond acceptors (Lipinski definition) is 4. The molecular formula is C15H18F3N3O3. The van der Waals surface area contributed by atoms with Crippen molar-refractivity contribution in [2.24, 2.45) is 5.92 Å². The molecule has 0 saturated carbocycles. The van der Waals surface area contributed by atoms with E-state index in [2.05, 4.69) is 15.0 Å². The predicted molar refractivity (Wildman–Crippen MR) is 79.3 cm³/mol. The molecule has 132 valence electrons. The molecule has 2 rings (SSSR count). The monoisotopic (exact) mass is 345 g/mol. The molecule has 0 aromatic carbocycles. The Hall–Kier alpha value is -2.32. The Morgan fingerprint density at radius 2 is 2.17 bits per heavy atom. The summed E-state index contributed by atoms with van der Waals surface area (Å²) in [7, 11) is 0. The molecule has 1 aliphatic heterocycles. The second-order valence-corrected chi connectivity index (χ2v) is 5.66. The highest BCUT2D eigenvalue weighted by Crippen LogP contribution is 2.20. The average molecular weight is 345 g/mol. The fraction of sp³-hybridized carbons (Fsp3) is 0.533. The lowest BCUT2D eigenvalue weighted by atomic mass is 9.97. The van der Waals surface area contributed by atoms with Crippen LogP contribution in [0, 0.1) is 12.8 Å². The van der Waals surface area contributed by atoms with Gasteiger partial charge in [0.25, 0.3) is 0 Å². The number of aryl methyl sites for hydroxylation is 1. The van der Waals surface area contributed by atoms with E-state index in [1.165, 1.54) is 0 Å². The number of amides is 2. The first kappa shape index (κ1) is 18.0. The van der Waals surface area contributed by atoms with Crippen molar-refractivity contribution >= 4 is 17.8 Å². The van der Waals surface area contributed by atoms with Gasteiger partial charge in [-0.2, -0.15) is 13.2 Å². The number of carbonyl (C=O) groups is 2. The summed E-state index contributed by atoms with van der Waals surface area (Å²) in [6, 6.07) is 3.45. The maximum atomic E-state index is 12.2. The molecular weight excluding hydrogens is 327 g/mol. The number of likely N-dealkylation sites (tertiary alicyclic amines) is 1. The van der Waals surface area contributed by atoms with E-state index in [0.29, 0.717) is 18.7 Å². The van der Waals surface area contributed by atoms with E-state index < -0.39 is 24.8 Å². The van der Waals surface area contributed by atoms with E-state index in [4.69, 9.17) is 0 Å². The molecule has 1 fully saturated rings. The van der Waals surface area contributed by atoms with Crippen LogP contribution < -0.4 is 5.32 Å². The summed E-state index contributed by atoms with van der Waals surface area (Å²) in [5.74, 6) is -0.442. The minimum atomic E-state index is -4.57. The normalized spacial score (nSPS) is 18.2. The van der Waals surface area contributed by atoms with Crippen LogP contribution in [0.1, 0.15) is 18.4 Å². The maximum Gasteiger partial charge on any atom is 0.422 e. The highest BCUT2D eigenvalue weighted by Gasteiger charge is 2.33. The van der Waals surface area contributed by atoms with Crippen LogP contribution in [0.4, 0.5) is 23.8 Å². The Morgan fingerprint density at radius 3 is 2.79 bits per heavy atom. The molecule has 1 aromatic heterocycles. The van der Waals surface area contributed by atoms with Crippen molar-refractivity contribution in [2.45, 2.75) is 25.9 Å². The Morgan fingerprint density at radius 1 is 1.42 bits per heavy atom. The van der Waals surface area contributed by atoms with Crippen molar-refractivity contribution in [3.8, 4) is 0 Å². The summed E-state index contributed by atoms with van der Waals surface area (Å²) >= 11 is 0. The van der Waals surface area contributed by atoms with Gasteiger partial charge in [0.15, 0.2) is 6.61 Å². The summed E-state index contributed by atoms with van der Waals surface area (Å²) in [5, 5.41) is 2.65. The Labute approximate surface area is 137 Å². The summed E-state index contributed by atoms with van der Waals surface area (Å²) in [6.45, 7) is 0.522. The molecule has 0 spiro atoms. The van der Waals surface area contributed by atoms with Gasteiger partial charge in [0.1, 0.15) is 5.82 Å². The lowest BCUT2D eigenvalue weighted by molar-refractivity contribution is -0.162. The summed E-state index contributed by atoms with van der Waals surface area (Å²) in [4.78, 5) is 29.1. The van der Waals surface area contributed by atoms with Gasteiger partial charge in [0.05, 0.1) is 5.92 Å². The zero-order chi connectivity index (χ0) is 17.7. The number of aromatic nitrogens is 1. The molecule has 0 bridgehead atoms. The number of hydrogen-bond donors (Lipinski definition) is 1. The van der Waals surface area contributed by atoms with E-state index in [1.54, 1.807) is 18.3 Å². The highest BCUT2D eigenvalue weighted by molar-refractivity contribution is 5.92. The van der Waals surface area contributed by atoms with Gasteiger partial charge >= 0.3 is 12.3 Å². The molecule has 0 aliphatic carbocycles.